The van der Waals surface area contributed by atoms with Crippen molar-refractivity contribution >= 4 is 11.8 Å². The van der Waals surface area contributed by atoms with Crippen molar-refractivity contribution in [3.63, 3.8) is 0 Å². The zero-order valence-electron chi connectivity index (χ0n) is 15.2. The van der Waals surface area contributed by atoms with Crippen LogP contribution >= 0.6 is 0 Å². The molecule has 2 aromatic heterocycles. The number of nitro groups is 2. The van der Waals surface area contributed by atoms with Gasteiger partial charge in [-0.15, -0.1) is 0 Å². The molecule has 3 atom stereocenters. The number of hydrogen-bond donors (Lipinski definition) is 0. The molecule has 1 fully saturated rings. The number of benzene rings is 1. The molecule has 3 unspecified atom stereocenters. The number of ether oxygens (including phenoxy) is 2. The summed E-state index contributed by atoms with van der Waals surface area (Å²) in [6.45, 7) is 1.85. The van der Waals surface area contributed by atoms with Gasteiger partial charge in [0.1, 0.15) is 21.7 Å². The SMILES string of the molecule is CC1(c2ccccc2)CC(c2ccc([N+](=O)[O-])o2)OC(c2ccc([N+](=O)[O-])o2)O1. The molecular weight excluding hydrogens is 384 g/mol. The van der Waals surface area contributed by atoms with Crippen LogP contribution in [-0.2, 0) is 15.1 Å². The van der Waals surface area contributed by atoms with E-state index in [2.05, 4.69) is 0 Å². The average Bonchev–Trinajstić information content (AvgIpc) is 3.38. The van der Waals surface area contributed by atoms with Crippen molar-refractivity contribution in [2.24, 2.45) is 0 Å². The molecule has 3 heterocycles. The van der Waals surface area contributed by atoms with Crippen molar-refractivity contribution in [1.29, 1.82) is 0 Å². The van der Waals surface area contributed by atoms with E-state index < -0.39 is 39.6 Å². The molecule has 0 saturated carbocycles. The fourth-order valence-corrected chi connectivity index (χ4v) is 3.31. The lowest BCUT2D eigenvalue weighted by Crippen LogP contribution is -2.37. The van der Waals surface area contributed by atoms with Crippen molar-refractivity contribution in [2.45, 2.75) is 31.3 Å². The summed E-state index contributed by atoms with van der Waals surface area (Å²) >= 11 is 0. The smallest absolute Gasteiger partial charge is 0.403 e. The van der Waals surface area contributed by atoms with E-state index in [0.29, 0.717) is 6.42 Å². The fourth-order valence-electron chi connectivity index (χ4n) is 3.31. The van der Waals surface area contributed by atoms with Crippen LogP contribution in [0.5, 0.6) is 0 Å². The molecule has 1 aliphatic rings. The minimum absolute atomic E-state index is 0.115. The summed E-state index contributed by atoms with van der Waals surface area (Å²) in [5, 5.41) is 21.9. The molecule has 10 heteroatoms. The quantitative estimate of drug-likeness (QED) is 0.441. The Labute approximate surface area is 163 Å². The minimum atomic E-state index is -1.07. The van der Waals surface area contributed by atoms with E-state index in [4.69, 9.17) is 18.3 Å². The molecule has 0 aliphatic carbocycles. The molecule has 1 aromatic carbocycles. The summed E-state index contributed by atoms with van der Waals surface area (Å²) in [6, 6.07) is 14.7. The molecule has 0 N–H and O–H groups in total. The van der Waals surface area contributed by atoms with E-state index in [1.54, 1.807) is 0 Å². The van der Waals surface area contributed by atoms with Crippen LogP contribution in [0.1, 0.15) is 42.8 Å². The summed E-state index contributed by atoms with van der Waals surface area (Å²) in [6.07, 6.45) is -1.46. The van der Waals surface area contributed by atoms with Gasteiger partial charge in [0.05, 0.1) is 17.7 Å². The maximum absolute atomic E-state index is 11.0. The second kappa shape index (κ2) is 7.15. The highest BCUT2D eigenvalue weighted by molar-refractivity contribution is 5.26. The van der Waals surface area contributed by atoms with E-state index in [-0.39, 0.29) is 11.5 Å². The molecule has 0 radical (unpaired) electrons. The van der Waals surface area contributed by atoms with Crippen molar-refractivity contribution in [3.8, 4) is 0 Å². The van der Waals surface area contributed by atoms with Gasteiger partial charge in [-0.25, -0.2) is 0 Å². The molecule has 0 amide bonds. The maximum Gasteiger partial charge on any atom is 0.433 e. The van der Waals surface area contributed by atoms with E-state index in [1.807, 2.05) is 37.3 Å². The Bertz CT molecular complexity index is 981. The molecule has 4 rings (SSSR count). The summed E-state index contributed by atoms with van der Waals surface area (Å²) in [5.74, 6) is -0.469. The molecule has 3 aromatic rings. The van der Waals surface area contributed by atoms with Crippen LogP contribution in [0, 0.1) is 20.2 Å². The average molecular weight is 400 g/mol. The summed E-state index contributed by atoms with van der Waals surface area (Å²) < 4.78 is 22.6. The molecule has 150 valence electrons. The molecule has 29 heavy (non-hydrogen) atoms. The first kappa shape index (κ1) is 18.8. The molecule has 0 bridgehead atoms. The van der Waals surface area contributed by atoms with Crippen molar-refractivity contribution < 1.29 is 28.2 Å². The second-order valence-corrected chi connectivity index (χ2v) is 6.74. The number of rotatable bonds is 5. The van der Waals surface area contributed by atoms with Gasteiger partial charge in [-0.2, -0.15) is 0 Å². The standard InChI is InChI=1S/C19H16N2O8/c1-19(12-5-3-2-4-6-12)11-15(13-7-9-16(26-13)20(22)23)28-18(29-19)14-8-10-17(27-14)21(24)25/h2-10,15,18H,11H2,1H3. The lowest BCUT2D eigenvalue weighted by molar-refractivity contribution is -0.404. The van der Waals surface area contributed by atoms with Gasteiger partial charge in [-0.3, -0.25) is 20.2 Å². The van der Waals surface area contributed by atoms with Crippen molar-refractivity contribution in [2.75, 3.05) is 0 Å². The van der Waals surface area contributed by atoms with Crippen LogP contribution in [0.3, 0.4) is 0 Å². The van der Waals surface area contributed by atoms with Gasteiger partial charge in [-0.1, -0.05) is 30.3 Å². The third kappa shape index (κ3) is 3.62. The third-order valence-electron chi connectivity index (χ3n) is 4.75. The van der Waals surface area contributed by atoms with Gasteiger partial charge >= 0.3 is 11.8 Å². The lowest BCUT2D eigenvalue weighted by atomic mass is 9.88. The van der Waals surface area contributed by atoms with Gasteiger partial charge in [0.25, 0.3) is 0 Å². The number of nitrogens with zero attached hydrogens (tertiary/aromatic N) is 2. The number of hydrogen-bond acceptors (Lipinski definition) is 8. The van der Waals surface area contributed by atoms with Crippen molar-refractivity contribution in [1.82, 2.24) is 0 Å². The van der Waals surface area contributed by atoms with Gasteiger partial charge in [-0.05, 0) is 24.6 Å². The van der Waals surface area contributed by atoms with E-state index in [0.717, 1.165) is 5.56 Å². The minimum Gasteiger partial charge on any atom is -0.403 e. The van der Waals surface area contributed by atoms with E-state index in [9.17, 15) is 20.2 Å². The predicted molar refractivity (Wildman–Crippen MR) is 96.8 cm³/mol. The lowest BCUT2D eigenvalue weighted by Gasteiger charge is -2.41. The Morgan fingerprint density at radius 3 is 2.07 bits per heavy atom. The highest BCUT2D eigenvalue weighted by atomic mass is 16.7. The normalized spacial score (nSPS) is 24.3. The monoisotopic (exact) mass is 400 g/mol. The molecule has 1 saturated heterocycles. The van der Waals surface area contributed by atoms with Crippen LogP contribution in [0.4, 0.5) is 11.8 Å². The predicted octanol–water partition coefficient (Wildman–Crippen LogP) is 4.78. The Balaban J connectivity index is 1.71. The number of furan rings is 2. The van der Waals surface area contributed by atoms with Crippen LogP contribution in [-0.4, -0.2) is 9.85 Å². The highest BCUT2D eigenvalue weighted by Crippen LogP contribution is 2.48. The topological polar surface area (TPSA) is 131 Å². The largest absolute Gasteiger partial charge is 0.433 e. The third-order valence-corrected chi connectivity index (χ3v) is 4.75. The maximum atomic E-state index is 11.0. The van der Waals surface area contributed by atoms with Crippen LogP contribution in [0.15, 0.2) is 63.4 Å². The Morgan fingerprint density at radius 1 is 0.897 bits per heavy atom. The van der Waals surface area contributed by atoms with Crippen LogP contribution in [0.2, 0.25) is 0 Å². The van der Waals surface area contributed by atoms with Gasteiger partial charge in [0, 0.05) is 6.42 Å². The first-order valence-corrected chi connectivity index (χ1v) is 8.73. The fraction of sp³-hybridized carbons (Fsp3) is 0.263. The first-order chi connectivity index (χ1) is 13.9. The summed E-state index contributed by atoms with van der Waals surface area (Å²) in [7, 11) is 0. The van der Waals surface area contributed by atoms with Crippen LogP contribution < -0.4 is 0 Å². The van der Waals surface area contributed by atoms with Crippen molar-refractivity contribution in [3.05, 3.63) is 91.9 Å². The molecule has 1 aliphatic heterocycles. The van der Waals surface area contributed by atoms with Gasteiger partial charge < -0.3 is 18.3 Å². The molecule has 0 spiro atoms. The van der Waals surface area contributed by atoms with E-state index in [1.165, 1.54) is 24.3 Å². The Kier molecular flexibility index (Phi) is 4.65. The summed E-state index contributed by atoms with van der Waals surface area (Å²) in [5.41, 5.74) is -0.0155. The van der Waals surface area contributed by atoms with E-state index >= 15 is 0 Å². The second-order valence-electron chi connectivity index (χ2n) is 6.74. The van der Waals surface area contributed by atoms with Gasteiger partial charge in [0.2, 0.25) is 6.29 Å². The first-order valence-electron chi connectivity index (χ1n) is 8.73. The Morgan fingerprint density at radius 2 is 1.48 bits per heavy atom. The van der Waals surface area contributed by atoms with Crippen LogP contribution in [0.25, 0.3) is 0 Å². The molecule has 10 nitrogen and oxygen atoms in total. The Hall–Kier alpha value is -3.50. The summed E-state index contributed by atoms with van der Waals surface area (Å²) in [4.78, 5) is 20.6. The van der Waals surface area contributed by atoms with Gasteiger partial charge in [0.15, 0.2) is 5.76 Å². The zero-order chi connectivity index (χ0) is 20.6. The highest BCUT2D eigenvalue weighted by Gasteiger charge is 2.44. The molecular formula is C19H16N2O8. The zero-order valence-corrected chi connectivity index (χ0v) is 15.2.